The number of sulfonamides is 1. The molecule has 4 rings (SSSR count). The van der Waals surface area contributed by atoms with E-state index in [1.165, 1.54) is 12.1 Å². The number of carbonyl (C=O) groups excluding carboxylic acids is 1. The zero-order valence-corrected chi connectivity index (χ0v) is 21.7. The van der Waals surface area contributed by atoms with E-state index in [1.807, 2.05) is 61.5 Å². The number of hydrogen-bond donors (Lipinski definition) is 2. The third-order valence-electron chi connectivity index (χ3n) is 5.89. The second-order valence-electron chi connectivity index (χ2n) is 8.52. The molecular formula is C29H29ClN2O3S. The molecule has 2 N–H and O–H groups in total. The number of benzene rings is 4. The predicted molar refractivity (Wildman–Crippen MR) is 146 cm³/mol. The average molecular weight is 521 g/mol. The Labute approximate surface area is 219 Å². The van der Waals surface area contributed by atoms with Crippen LogP contribution in [0.3, 0.4) is 0 Å². The van der Waals surface area contributed by atoms with Crippen molar-refractivity contribution in [3.8, 4) is 0 Å². The Hall–Kier alpha value is -3.45. The first kappa shape index (κ1) is 27.1. The molecule has 0 saturated heterocycles. The maximum atomic E-state index is 12.9. The Morgan fingerprint density at radius 2 is 1.28 bits per heavy atom. The summed E-state index contributed by atoms with van der Waals surface area (Å²) in [6.07, 6.45) is 0. The molecule has 7 heteroatoms. The van der Waals surface area contributed by atoms with Gasteiger partial charge in [0.25, 0.3) is 15.9 Å². The Balaban J connectivity index is 0.00000361. The van der Waals surface area contributed by atoms with Crippen molar-refractivity contribution in [2.45, 2.75) is 30.8 Å². The van der Waals surface area contributed by atoms with Crippen LogP contribution in [0.15, 0.2) is 114 Å². The van der Waals surface area contributed by atoms with Gasteiger partial charge in [0.15, 0.2) is 0 Å². The van der Waals surface area contributed by atoms with Crippen LogP contribution in [0.1, 0.15) is 51.6 Å². The number of amides is 1. The predicted octanol–water partition coefficient (Wildman–Crippen LogP) is 5.98. The molecular weight excluding hydrogens is 492 g/mol. The summed E-state index contributed by atoms with van der Waals surface area (Å²) in [6, 6.07) is 33.4. The van der Waals surface area contributed by atoms with Crippen LogP contribution in [0.4, 0.5) is 0 Å². The summed E-state index contributed by atoms with van der Waals surface area (Å²) >= 11 is 0. The van der Waals surface area contributed by atoms with Crippen LogP contribution < -0.4 is 10.0 Å². The van der Waals surface area contributed by atoms with Crippen LogP contribution in [0.25, 0.3) is 0 Å². The topological polar surface area (TPSA) is 75.3 Å². The van der Waals surface area contributed by atoms with Gasteiger partial charge in [0.2, 0.25) is 0 Å². The highest BCUT2D eigenvalue weighted by atomic mass is 35.5. The van der Waals surface area contributed by atoms with Crippen molar-refractivity contribution in [1.29, 1.82) is 0 Å². The number of rotatable bonds is 8. The Bertz CT molecular complexity index is 1390. The molecule has 2 atom stereocenters. The Morgan fingerprint density at radius 1 is 0.722 bits per heavy atom. The van der Waals surface area contributed by atoms with Gasteiger partial charge in [0.05, 0.1) is 10.9 Å². The van der Waals surface area contributed by atoms with Crippen molar-refractivity contribution in [2.75, 3.05) is 0 Å². The average Bonchev–Trinajstić information content (AvgIpc) is 2.88. The molecule has 0 heterocycles. The fraction of sp³-hybridized carbons (Fsp3) is 0.138. The van der Waals surface area contributed by atoms with Crippen molar-refractivity contribution in [3.63, 3.8) is 0 Å². The van der Waals surface area contributed by atoms with E-state index < -0.39 is 15.9 Å². The summed E-state index contributed by atoms with van der Waals surface area (Å²) in [4.78, 5) is 13.0. The second-order valence-corrected chi connectivity index (χ2v) is 10.2. The van der Waals surface area contributed by atoms with Gasteiger partial charge in [-0.15, -0.1) is 12.4 Å². The minimum absolute atomic E-state index is 0. The Morgan fingerprint density at radius 3 is 1.89 bits per heavy atom. The monoisotopic (exact) mass is 520 g/mol. The van der Waals surface area contributed by atoms with Crippen LogP contribution in [0.5, 0.6) is 0 Å². The van der Waals surface area contributed by atoms with Crippen LogP contribution in [0.2, 0.25) is 0 Å². The van der Waals surface area contributed by atoms with E-state index in [1.54, 1.807) is 30.3 Å². The van der Waals surface area contributed by atoms with E-state index >= 15 is 0 Å². The third-order valence-corrected chi connectivity index (χ3v) is 7.24. The zero-order valence-electron chi connectivity index (χ0n) is 20.1. The molecule has 186 valence electrons. The van der Waals surface area contributed by atoms with E-state index in [-0.39, 0.29) is 34.9 Å². The van der Waals surface area contributed by atoms with Gasteiger partial charge < -0.3 is 0 Å². The SMILES string of the molecule is Cc1ccc(S(=O)(=O)NC(=O)c2cccc(C(N[C@H](C)c3ccccc3)c3ccccc3)c2)cc1.Cl. The summed E-state index contributed by atoms with van der Waals surface area (Å²) in [5.74, 6) is -0.671. The first-order chi connectivity index (χ1) is 16.8. The smallest absolute Gasteiger partial charge is 0.265 e. The lowest BCUT2D eigenvalue weighted by atomic mass is 9.95. The van der Waals surface area contributed by atoms with Gasteiger partial charge >= 0.3 is 0 Å². The van der Waals surface area contributed by atoms with Crippen LogP contribution in [-0.2, 0) is 10.0 Å². The highest BCUT2D eigenvalue weighted by molar-refractivity contribution is 7.90. The molecule has 4 aromatic carbocycles. The molecule has 1 unspecified atom stereocenters. The molecule has 0 saturated carbocycles. The fourth-order valence-electron chi connectivity index (χ4n) is 3.94. The van der Waals surface area contributed by atoms with Crippen molar-refractivity contribution in [2.24, 2.45) is 0 Å². The molecule has 36 heavy (non-hydrogen) atoms. The number of carbonyl (C=O) groups is 1. The molecule has 1 amide bonds. The lowest BCUT2D eigenvalue weighted by molar-refractivity contribution is 0.0981. The number of hydrogen-bond acceptors (Lipinski definition) is 4. The largest absolute Gasteiger partial charge is 0.300 e. The lowest BCUT2D eigenvalue weighted by Gasteiger charge is -2.25. The standard InChI is InChI=1S/C29H28N2O3S.ClH/c1-21-16-18-27(19-17-21)35(33,34)31-29(32)26-15-9-14-25(20-26)28(24-12-7-4-8-13-24)30-22(2)23-10-5-3-6-11-23;/h3-20,22,28,30H,1-2H3,(H,31,32);1H/t22-,28?;/m1./s1. The number of aryl methyl sites for hydroxylation is 1. The number of halogens is 1. The van der Waals surface area contributed by atoms with E-state index in [0.717, 1.165) is 22.3 Å². The third kappa shape index (κ3) is 6.61. The zero-order chi connectivity index (χ0) is 24.8. The quantitative estimate of drug-likeness (QED) is 0.300. The lowest BCUT2D eigenvalue weighted by Crippen LogP contribution is -2.31. The number of nitrogens with one attached hydrogen (secondary N) is 2. The van der Waals surface area contributed by atoms with Crippen molar-refractivity contribution in [3.05, 3.63) is 137 Å². The maximum Gasteiger partial charge on any atom is 0.265 e. The molecule has 0 aliphatic heterocycles. The highest BCUT2D eigenvalue weighted by Crippen LogP contribution is 2.27. The maximum absolute atomic E-state index is 12.9. The van der Waals surface area contributed by atoms with Crippen molar-refractivity contribution in [1.82, 2.24) is 10.0 Å². The minimum Gasteiger partial charge on any atom is -0.300 e. The molecule has 0 fully saturated rings. The molecule has 0 aliphatic rings. The molecule has 4 aromatic rings. The van der Waals surface area contributed by atoms with Crippen LogP contribution >= 0.6 is 12.4 Å². The first-order valence-corrected chi connectivity index (χ1v) is 12.9. The molecule has 0 radical (unpaired) electrons. The summed E-state index contributed by atoms with van der Waals surface area (Å²) < 4.78 is 27.6. The second kappa shape index (κ2) is 12.0. The van der Waals surface area contributed by atoms with E-state index in [4.69, 9.17) is 0 Å². The van der Waals surface area contributed by atoms with Gasteiger partial charge in [0.1, 0.15) is 0 Å². The summed E-state index contributed by atoms with van der Waals surface area (Å²) in [7, 11) is -3.98. The molecule has 0 spiro atoms. The van der Waals surface area contributed by atoms with Gasteiger partial charge in [-0.3, -0.25) is 10.1 Å². The normalized spacial score (nSPS) is 12.7. The summed E-state index contributed by atoms with van der Waals surface area (Å²) in [5.41, 5.74) is 4.26. The minimum atomic E-state index is -3.98. The fourth-order valence-corrected chi connectivity index (χ4v) is 4.91. The van der Waals surface area contributed by atoms with E-state index in [0.29, 0.717) is 0 Å². The summed E-state index contributed by atoms with van der Waals surface area (Å²) in [5, 5.41) is 3.66. The Kier molecular flexibility index (Phi) is 9.04. The molecule has 0 aliphatic carbocycles. The van der Waals surface area contributed by atoms with Gasteiger partial charge in [-0.25, -0.2) is 13.1 Å². The van der Waals surface area contributed by atoms with Crippen LogP contribution in [0, 0.1) is 6.92 Å². The van der Waals surface area contributed by atoms with Gasteiger partial charge in [-0.1, -0.05) is 90.5 Å². The molecule has 0 aromatic heterocycles. The van der Waals surface area contributed by atoms with Gasteiger partial charge in [-0.05, 0) is 54.8 Å². The summed E-state index contributed by atoms with van der Waals surface area (Å²) in [6.45, 7) is 3.96. The van der Waals surface area contributed by atoms with Crippen molar-refractivity contribution < 1.29 is 13.2 Å². The molecule has 5 nitrogen and oxygen atoms in total. The molecule has 0 bridgehead atoms. The van der Waals surface area contributed by atoms with E-state index in [2.05, 4.69) is 29.1 Å². The van der Waals surface area contributed by atoms with Gasteiger partial charge in [0, 0.05) is 11.6 Å². The van der Waals surface area contributed by atoms with Crippen LogP contribution in [-0.4, -0.2) is 14.3 Å². The van der Waals surface area contributed by atoms with Crippen molar-refractivity contribution >= 4 is 28.3 Å². The highest BCUT2D eigenvalue weighted by Gasteiger charge is 2.21. The van der Waals surface area contributed by atoms with E-state index in [9.17, 15) is 13.2 Å². The van der Waals surface area contributed by atoms with Gasteiger partial charge in [-0.2, -0.15) is 0 Å². The first-order valence-electron chi connectivity index (χ1n) is 11.4.